The number of halogens is 4. The summed E-state index contributed by atoms with van der Waals surface area (Å²) in [7, 11) is 0. The second-order valence-corrected chi connectivity index (χ2v) is 6.74. The van der Waals surface area contributed by atoms with Crippen molar-refractivity contribution in [3.63, 3.8) is 0 Å². The quantitative estimate of drug-likeness (QED) is 0.173. The van der Waals surface area contributed by atoms with Gasteiger partial charge in [0.05, 0.1) is 11.6 Å². The van der Waals surface area contributed by atoms with Gasteiger partial charge in [0.15, 0.2) is 5.60 Å². The topological polar surface area (TPSA) is 108 Å². The second-order valence-electron chi connectivity index (χ2n) is 6.74. The van der Waals surface area contributed by atoms with E-state index in [1.165, 1.54) is 6.08 Å². The molecule has 1 atom stereocenters. The number of aliphatic hydroxyl groups is 1. The van der Waals surface area contributed by atoms with Gasteiger partial charge in [-0.1, -0.05) is 24.0 Å². The van der Waals surface area contributed by atoms with Gasteiger partial charge in [0.25, 0.3) is 5.92 Å². The fraction of sp³-hybridized carbons (Fsp3) is 0.174. The van der Waals surface area contributed by atoms with Crippen LogP contribution in [-0.4, -0.2) is 17.6 Å². The van der Waals surface area contributed by atoms with E-state index in [0.29, 0.717) is 17.2 Å². The summed E-state index contributed by atoms with van der Waals surface area (Å²) < 4.78 is 57.2. The molecule has 0 saturated carbocycles. The zero-order valence-electron chi connectivity index (χ0n) is 16.7. The van der Waals surface area contributed by atoms with Crippen molar-refractivity contribution in [2.45, 2.75) is 17.9 Å². The fourth-order valence-electron chi connectivity index (χ4n) is 2.81. The maximum atomic E-state index is 14.9. The molecule has 0 fully saturated rings. The number of allylic oxidation sites excluding steroid dienone is 3. The maximum Gasteiger partial charge on any atom is 0.285 e. The summed E-state index contributed by atoms with van der Waals surface area (Å²) in [4.78, 5) is 0. The number of nitrogens with two attached hydrogens (primary N) is 2. The molecule has 166 valence electrons. The van der Waals surface area contributed by atoms with Crippen molar-refractivity contribution < 1.29 is 22.7 Å². The zero-order valence-corrected chi connectivity index (χ0v) is 16.7. The van der Waals surface area contributed by atoms with Crippen molar-refractivity contribution in [3.8, 4) is 17.9 Å². The van der Waals surface area contributed by atoms with Crippen LogP contribution in [0.2, 0.25) is 0 Å². The van der Waals surface area contributed by atoms with E-state index < -0.39 is 41.7 Å². The van der Waals surface area contributed by atoms with Crippen LogP contribution in [0.1, 0.15) is 23.1 Å². The van der Waals surface area contributed by atoms with Crippen molar-refractivity contribution in [1.82, 2.24) is 5.43 Å². The minimum atomic E-state index is -3.89. The van der Waals surface area contributed by atoms with Crippen LogP contribution in [-0.2, 0) is 5.60 Å². The van der Waals surface area contributed by atoms with Gasteiger partial charge in [-0.15, -0.1) is 0 Å². The minimum absolute atomic E-state index is 0.207. The molecule has 0 aliphatic heterocycles. The van der Waals surface area contributed by atoms with Crippen molar-refractivity contribution in [2.24, 2.45) is 11.6 Å². The third-order valence-corrected chi connectivity index (χ3v) is 4.56. The average molecular weight is 444 g/mol. The Morgan fingerprint density at radius 3 is 2.34 bits per heavy atom. The van der Waals surface area contributed by atoms with Crippen LogP contribution in [0.4, 0.5) is 17.6 Å². The highest BCUT2D eigenvalue weighted by Gasteiger charge is 2.53. The fourth-order valence-corrected chi connectivity index (χ4v) is 2.81. The lowest BCUT2D eigenvalue weighted by Crippen LogP contribution is -2.53. The van der Waals surface area contributed by atoms with Crippen LogP contribution >= 0.6 is 0 Å². The van der Waals surface area contributed by atoms with Crippen molar-refractivity contribution in [2.75, 3.05) is 6.54 Å². The van der Waals surface area contributed by atoms with Crippen LogP contribution in [0.5, 0.6) is 0 Å². The van der Waals surface area contributed by atoms with Gasteiger partial charge < -0.3 is 10.8 Å². The number of alkyl halides is 2. The Bertz CT molecular complexity index is 1110. The standard InChI is InChI=1S/C23H20F4N4O/c24-19-9-10-20(21(25)12-19)22(32,15-31-30)23(26,27)11-1-2-17(13-28)6-3-16-4-7-18(14-29)8-5-16/h1-2,4-5,7-10,12-13,31-32H,11,15,28,30H2/b2-1-,17-13+. The molecule has 9 heteroatoms. The number of hydrogen-bond donors (Lipinski definition) is 4. The number of benzene rings is 2. The average Bonchev–Trinajstić information content (AvgIpc) is 2.76. The third kappa shape index (κ3) is 5.74. The number of nitrogens with one attached hydrogen (secondary N) is 1. The Kier molecular flexibility index (Phi) is 8.16. The zero-order chi connectivity index (χ0) is 23.8. The molecule has 2 aromatic carbocycles. The summed E-state index contributed by atoms with van der Waals surface area (Å²) in [6.07, 6.45) is 2.34. The van der Waals surface area contributed by atoms with Gasteiger partial charge in [0.2, 0.25) is 0 Å². The monoisotopic (exact) mass is 444 g/mol. The van der Waals surface area contributed by atoms with E-state index in [1.807, 2.05) is 11.5 Å². The van der Waals surface area contributed by atoms with Crippen LogP contribution < -0.4 is 17.0 Å². The summed E-state index contributed by atoms with van der Waals surface area (Å²) in [5, 5.41) is 19.4. The highest BCUT2D eigenvalue weighted by atomic mass is 19.3. The van der Waals surface area contributed by atoms with Gasteiger partial charge in [-0.3, -0.25) is 11.3 Å². The first-order valence-corrected chi connectivity index (χ1v) is 9.26. The Labute approximate surface area is 182 Å². The Morgan fingerprint density at radius 1 is 1.12 bits per heavy atom. The van der Waals surface area contributed by atoms with Crippen molar-refractivity contribution in [3.05, 3.63) is 94.7 Å². The van der Waals surface area contributed by atoms with E-state index in [2.05, 4.69) is 11.8 Å². The molecule has 32 heavy (non-hydrogen) atoms. The van der Waals surface area contributed by atoms with Crippen molar-refractivity contribution >= 4 is 0 Å². The molecule has 0 aliphatic carbocycles. The molecule has 0 amide bonds. The minimum Gasteiger partial charge on any atom is -0.404 e. The highest BCUT2D eigenvalue weighted by Crippen LogP contribution is 2.41. The maximum absolute atomic E-state index is 14.9. The molecule has 0 radical (unpaired) electrons. The normalized spacial score (nSPS) is 13.8. The Balaban J connectivity index is 2.23. The van der Waals surface area contributed by atoms with Gasteiger partial charge >= 0.3 is 0 Å². The Morgan fingerprint density at radius 2 is 1.78 bits per heavy atom. The van der Waals surface area contributed by atoms with Crippen LogP contribution in [0.25, 0.3) is 0 Å². The van der Waals surface area contributed by atoms with E-state index in [-0.39, 0.29) is 5.57 Å². The number of nitriles is 1. The van der Waals surface area contributed by atoms with E-state index >= 15 is 0 Å². The molecular weight excluding hydrogens is 424 g/mol. The first-order chi connectivity index (χ1) is 15.2. The van der Waals surface area contributed by atoms with Gasteiger partial charge in [0.1, 0.15) is 11.6 Å². The Hall–Kier alpha value is -3.63. The molecule has 0 heterocycles. The summed E-state index contributed by atoms with van der Waals surface area (Å²) >= 11 is 0. The molecule has 0 aliphatic rings. The molecule has 0 aromatic heterocycles. The number of hydrazine groups is 1. The predicted molar refractivity (Wildman–Crippen MR) is 111 cm³/mol. The smallest absolute Gasteiger partial charge is 0.285 e. The lowest BCUT2D eigenvalue weighted by molar-refractivity contribution is -0.184. The summed E-state index contributed by atoms with van der Waals surface area (Å²) in [5.74, 6) is 4.39. The number of nitrogens with zero attached hydrogens (tertiary/aromatic N) is 1. The lowest BCUT2D eigenvalue weighted by Gasteiger charge is -2.35. The highest BCUT2D eigenvalue weighted by molar-refractivity contribution is 5.46. The lowest BCUT2D eigenvalue weighted by atomic mass is 9.85. The number of hydrogen-bond acceptors (Lipinski definition) is 5. The van der Waals surface area contributed by atoms with Crippen LogP contribution in [0.3, 0.4) is 0 Å². The van der Waals surface area contributed by atoms with E-state index in [4.69, 9.17) is 16.8 Å². The van der Waals surface area contributed by atoms with Crippen molar-refractivity contribution in [1.29, 1.82) is 5.26 Å². The first-order valence-electron chi connectivity index (χ1n) is 9.26. The summed E-state index contributed by atoms with van der Waals surface area (Å²) in [5.41, 5.74) is 4.81. The molecular formula is C23H20F4N4O. The molecule has 0 bridgehead atoms. The molecule has 1 unspecified atom stereocenters. The van der Waals surface area contributed by atoms with Gasteiger partial charge in [-0.05, 0) is 36.4 Å². The van der Waals surface area contributed by atoms with Gasteiger partial charge in [0, 0.05) is 41.9 Å². The number of rotatable bonds is 7. The van der Waals surface area contributed by atoms with Crippen LogP contribution in [0.15, 0.2) is 66.4 Å². The van der Waals surface area contributed by atoms with Crippen LogP contribution in [0, 0.1) is 34.8 Å². The van der Waals surface area contributed by atoms with Gasteiger partial charge in [-0.2, -0.15) is 5.26 Å². The molecule has 6 N–H and O–H groups in total. The summed E-state index contributed by atoms with van der Waals surface area (Å²) in [6, 6.07) is 10.3. The molecule has 2 aromatic rings. The first kappa shape index (κ1) is 24.6. The molecule has 2 rings (SSSR count). The predicted octanol–water partition coefficient (Wildman–Crippen LogP) is 2.96. The molecule has 0 saturated heterocycles. The third-order valence-electron chi connectivity index (χ3n) is 4.56. The van der Waals surface area contributed by atoms with E-state index in [0.717, 1.165) is 24.4 Å². The van der Waals surface area contributed by atoms with E-state index in [1.54, 1.807) is 24.3 Å². The molecule has 5 nitrogen and oxygen atoms in total. The summed E-state index contributed by atoms with van der Waals surface area (Å²) in [6.45, 7) is -0.894. The SMILES string of the molecule is N#Cc1ccc(C#CC(/C=C\CC(F)(F)C(O)(CNN)c2ccc(F)cc2F)=C/N)cc1. The largest absolute Gasteiger partial charge is 0.404 e. The van der Waals surface area contributed by atoms with E-state index in [9.17, 15) is 22.7 Å². The van der Waals surface area contributed by atoms with Gasteiger partial charge in [-0.25, -0.2) is 17.6 Å². The molecule has 0 spiro atoms. The second kappa shape index (κ2) is 10.6.